The lowest BCUT2D eigenvalue weighted by molar-refractivity contribution is 0.124. The summed E-state index contributed by atoms with van der Waals surface area (Å²) in [7, 11) is 0. The van der Waals surface area contributed by atoms with E-state index in [1.54, 1.807) is 0 Å². The minimum absolute atomic E-state index is 0.244. The van der Waals surface area contributed by atoms with Crippen LogP contribution in [-0.2, 0) is 4.74 Å². The van der Waals surface area contributed by atoms with Gasteiger partial charge in [0.2, 0.25) is 0 Å². The third-order valence-electron chi connectivity index (χ3n) is 2.37. The van der Waals surface area contributed by atoms with Crippen molar-refractivity contribution in [2.75, 3.05) is 17.7 Å². The smallest absolute Gasteiger partial charge is 0.157 e. The molecule has 0 unspecified atom stereocenters. The van der Waals surface area contributed by atoms with E-state index in [9.17, 15) is 0 Å². The molecule has 1 saturated heterocycles. The number of ether oxygens (including phenoxy) is 1. The van der Waals surface area contributed by atoms with Crippen LogP contribution in [-0.4, -0.2) is 28.7 Å². The number of rotatable bonds is 2. The number of nitrogens with two attached hydrogens (primary N) is 1. The van der Waals surface area contributed by atoms with Crippen molar-refractivity contribution in [1.82, 2.24) is 9.97 Å². The lowest BCUT2D eigenvalue weighted by Gasteiger charge is -2.13. The molecule has 1 aromatic heterocycles. The quantitative estimate of drug-likeness (QED) is 0.747. The summed E-state index contributed by atoms with van der Waals surface area (Å²) < 4.78 is 5.43. The largest absolute Gasteiger partial charge is 0.393 e. The topological polar surface area (TPSA) is 73.1 Å². The Hall–Kier alpha value is -1.07. The molecule has 2 rings (SSSR count). The molecule has 2 atom stereocenters. The predicted octanol–water partition coefficient (Wildman–Crippen LogP) is 1.30. The molecule has 1 aromatic rings. The zero-order valence-electron chi connectivity index (χ0n) is 8.40. The third-order valence-corrected chi connectivity index (χ3v) is 2.68. The van der Waals surface area contributed by atoms with Crippen molar-refractivity contribution in [2.24, 2.45) is 0 Å². The number of aromatic nitrogens is 2. The second kappa shape index (κ2) is 4.20. The SMILES string of the molecule is C[C@@H]1C[C@H](Nc2ncnc(Cl)c2N)CO1. The predicted molar refractivity (Wildman–Crippen MR) is 58.9 cm³/mol. The maximum Gasteiger partial charge on any atom is 0.157 e. The zero-order chi connectivity index (χ0) is 10.8. The molecule has 0 aromatic carbocycles. The Labute approximate surface area is 93.0 Å². The van der Waals surface area contributed by atoms with Gasteiger partial charge in [0.15, 0.2) is 11.0 Å². The van der Waals surface area contributed by atoms with Crippen LogP contribution in [0.1, 0.15) is 13.3 Å². The number of hydrogen-bond donors (Lipinski definition) is 2. The van der Waals surface area contributed by atoms with E-state index in [1.165, 1.54) is 6.33 Å². The van der Waals surface area contributed by atoms with Crippen LogP contribution in [0.25, 0.3) is 0 Å². The van der Waals surface area contributed by atoms with Gasteiger partial charge >= 0.3 is 0 Å². The Morgan fingerprint density at radius 3 is 3.07 bits per heavy atom. The molecule has 15 heavy (non-hydrogen) atoms. The van der Waals surface area contributed by atoms with Gasteiger partial charge in [-0.3, -0.25) is 0 Å². The molecular weight excluding hydrogens is 216 g/mol. The first-order valence-corrected chi connectivity index (χ1v) is 5.18. The number of nitrogens with one attached hydrogen (secondary N) is 1. The number of anilines is 2. The van der Waals surface area contributed by atoms with Crippen LogP contribution in [0.2, 0.25) is 5.15 Å². The molecule has 1 aliphatic heterocycles. The van der Waals surface area contributed by atoms with Crippen molar-refractivity contribution in [3.63, 3.8) is 0 Å². The molecule has 0 bridgehead atoms. The highest BCUT2D eigenvalue weighted by atomic mass is 35.5. The third kappa shape index (κ3) is 2.30. The molecule has 0 aliphatic carbocycles. The van der Waals surface area contributed by atoms with Gasteiger partial charge < -0.3 is 15.8 Å². The summed E-state index contributed by atoms with van der Waals surface area (Å²) in [5, 5.41) is 3.47. The van der Waals surface area contributed by atoms with Gasteiger partial charge in [-0.15, -0.1) is 0 Å². The van der Waals surface area contributed by atoms with Crippen LogP contribution in [0, 0.1) is 0 Å². The Kier molecular flexibility index (Phi) is 2.93. The fourth-order valence-electron chi connectivity index (χ4n) is 1.60. The highest BCUT2D eigenvalue weighted by molar-refractivity contribution is 6.32. The maximum absolute atomic E-state index is 5.78. The molecule has 0 saturated carbocycles. The molecule has 0 spiro atoms. The van der Waals surface area contributed by atoms with Crippen molar-refractivity contribution >= 4 is 23.1 Å². The Morgan fingerprint density at radius 1 is 1.60 bits per heavy atom. The molecule has 2 heterocycles. The van der Waals surface area contributed by atoms with Crippen molar-refractivity contribution in [2.45, 2.75) is 25.5 Å². The van der Waals surface area contributed by atoms with E-state index in [1.807, 2.05) is 6.92 Å². The maximum atomic E-state index is 5.78. The van der Waals surface area contributed by atoms with Crippen molar-refractivity contribution in [1.29, 1.82) is 0 Å². The molecule has 5 nitrogen and oxygen atoms in total. The van der Waals surface area contributed by atoms with E-state index in [-0.39, 0.29) is 17.3 Å². The van der Waals surface area contributed by atoms with Crippen molar-refractivity contribution in [3.05, 3.63) is 11.5 Å². The summed E-state index contributed by atoms with van der Waals surface area (Å²) in [6.45, 7) is 2.71. The van der Waals surface area contributed by atoms with E-state index >= 15 is 0 Å². The van der Waals surface area contributed by atoms with Crippen molar-refractivity contribution < 1.29 is 4.74 Å². The molecule has 0 radical (unpaired) electrons. The number of halogens is 1. The van der Waals surface area contributed by atoms with Crippen LogP contribution in [0.15, 0.2) is 6.33 Å². The van der Waals surface area contributed by atoms with E-state index in [4.69, 9.17) is 22.1 Å². The normalized spacial score (nSPS) is 25.5. The fraction of sp³-hybridized carbons (Fsp3) is 0.556. The highest BCUT2D eigenvalue weighted by Crippen LogP contribution is 2.24. The molecular formula is C9H13ClN4O. The van der Waals surface area contributed by atoms with Gasteiger partial charge in [-0.25, -0.2) is 9.97 Å². The summed E-state index contributed by atoms with van der Waals surface area (Å²) in [5.74, 6) is 0.581. The Balaban J connectivity index is 2.07. The van der Waals surface area contributed by atoms with Crippen LogP contribution in [0.3, 0.4) is 0 Å². The van der Waals surface area contributed by atoms with Crippen LogP contribution >= 0.6 is 11.6 Å². The first-order chi connectivity index (χ1) is 7.16. The van der Waals surface area contributed by atoms with Crippen LogP contribution in [0.5, 0.6) is 0 Å². The fourth-order valence-corrected chi connectivity index (χ4v) is 1.73. The summed E-state index contributed by atoms with van der Waals surface area (Å²) >= 11 is 5.78. The zero-order valence-corrected chi connectivity index (χ0v) is 9.16. The van der Waals surface area contributed by atoms with E-state index < -0.39 is 0 Å². The number of nitrogens with zero attached hydrogens (tertiary/aromatic N) is 2. The van der Waals surface area contributed by atoms with E-state index in [0.29, 0.717) is 18.1 Å². The first kappa shape index (κ1) is 10.4. The Morgan fingerprint density at radius 2 is 2.40 bits per heavy atom. The summed E-state index contributed by atoms with van der Waals surface area (Å²) in [4.78, 5) is 7.83. The van der Waals surface area contributed by atoms with Gasteiger partial charge in [0.1, 0.15) is 12.0 Å². The minimum atomic E-state index is 0.244. The first-order valence-electron chi connectivity index (χ1n) is 4.81. The standard InChI is InChI=1S/C9H13ClN4O/c1-5-2-6(3-15-5)14-9-7(11)8(10)12-4-13-9/h4-6H,2-3,11H2,1H3,(H,12,13,14)/t5-,6+/m1/s1. The van der Waals surface area contributed by atoms with Crippen LogP contribution < -0.4 is 11.1 Å². The van der Waals surface area contributed by atoms with Gasteiger partial charge in [0, 0.05) is 0 Å². The lowest BCUT2D eigenvalue weighted by atomic mass is 10.2. The lowest BCUT2D eigenvalue weighted by Crippen LogP contribution is -2.21. The van der Waals surface area contributed by atoms with Crippen molar-refractivity contribution in [3.8, 4) is 0 Å². The summed E-state index contributed by atoms with van der Waals surface area (Å²) in [6.07, 6.45) is 2.61. The number of nitrogen functional groups attached to an aromatic ring is 1. The molecule has 0 amide bonds. The van der Waals surface area contributed by atoms with Gasteiger partial charge in [-0.1, -0.05) is 11.6 Å². The average molecular weight is 229 g/mol. The molecule has 1 aliphatic rings. The second-order valence-electron chi connectivity index (χ2n) is 3.65. The van der Waals surface area contributed by atoms with Gasteiger partial charge in [0.25, 0.3) is 0 Å². The minimum Gasteiger partial charge on any atom is -0.393 e. The van der Waals surface area contributed by atoms with Gasteiger partial charge in [0.05, 0.1) is 18.8 Å². The molecule has 82 valence electrons. The van der Waals surface area contributed by atoms with E-state index in [2.05, 4.69) is 15.3 Å². The van der Waals surface area contributed by atoms with Gasteiger partial charge in [-0.05, 0) is 13.3 Å². The monoisotopic (exact) mass is 228 g/mol. The highest BCUT2D eigenvalue weighted by Gasteiger charge is 2.22. The van der Waals surface area contributed by atoms with Crippen LogP contribution in [0.4, 0.5) is 11.5 Å². The average Bonchev–Trinajstić information content (AvgIpc) is 2.59. The molecule has 1 fully saturated rings. The molecule has 6 heteroatoms. The summed E-state index contributed by atoms with van der Waals surface area (Å²) in [6, 6.07) is 0.244. The Bertz CT molecular complexity index is 360. The number of hydrogen-bond acceptors (Lipinski definition) is 5. The molecule has 3 N–H and O–H groups in total. The summed E-state index contributed by atoms with van der Waals surface area (Å²) in [5.41, 5.74) is 6.12. The second-order valence-corrected chi connectivity index (χ2v) is 4.01. The van der Waals surface area contributed by atoms with Gasteiger partial charge in [-0.2, -0.15) is 0 Å². The van der Waals surface area contributed by atoms with E-state index in [0.717, 1.165) is 6.42 Å².